The molecule has 0 spiro atoms. The van der Waals surface area contributed by atoms with Gasteiger partial charge in [0, 0.05) is 26.0 Å². The molecule has 0 atom stereocenters. The minimum absolute atomic E-state index is 0.0578. The number of hydrogen-bond acceptors (Lipinski definition) is 4. The molecule has 0 fully saturated rings. The Morgan fingerprint density at radius 2 is 1.89 bits per heavy atom. The van der Waals surface area contributed by atoms with Gasteiger partial charge < -0.3 is 9.32 Å². The number of amides is 1. The zero-order valence-corrected chi connectivity index (χ0v) is 14.8. The summed E-state index contributed by atoms with van der Waals surface area (Å²) in [6.07, 6.45) is 3.60. The van der Waals surface area contributed by atoms with Crippen molar-refractivity contribution in [2.45, 2.75) is 13.1 Å². The van der Waals surface area contributed by atoms with Crippen molar-refractivity contribution in [3.05, 3.63) is 83.1 Å². The average Bonchev–Trinajstić information content (AvgIpc) is 3.31. The van der Waals surface area contributed by atoms with Crippen molar-refractivity contribution >= 4 is 17.0 Å². The predicted octanol–water partition coefficient (Wildman–Crippen LogP) is 2.44. The van der Waals surface area contributed by atoms with Gasteiger partial charge in [-0.2, -0.15) is 5.10 Å². The first kappa shape index (κ1) is 16.8. The van der Waals surface area contributed by atoms with Crippen LogP contribution in [0.25, 0.3) is 16.8 Å². The number of benzene rings is 2. The summed E-state index contributed by atoms with van der Waals surface area (Å²) in [5.41, 5.74) is 3.04. The molecule has 7 nitrogen and oxygen atoms in total. The first-order valence-corrected chi connectivity index (χ1v) is 8.53. The number of hydrogen-bond donors (Lipinski definition) is 0. The van der Waals surface area contributed by atoms with Crippen LogP contribution in [0.2, 0.25) is 0 Å². The second-order valence-electron chi connectivity index (χ2n) is 6.29. The van der Waals surface area contributed by atoms with E-state index in [0.717, 1.165) is 11.3 Å². The Balaban J connectivity index is 1.46. The summed E-state index contributed by atoms with van der Waals surface area (Å²) in [6.45, 7) is 0.389. The van der Waals surface area contributed by atoms with Crippen LogP contribution >= 0.6 is 0 Å². The molecule has 2 aromatic carbocycles. The molecule has 0 unspecified atom stereocenters. The molecule has 0 radical (unpaired) electrons. The highest BCUT2D eigenvalue weighted by Crippen LogP contribution is 2.13. The van der Waals surface area contributed by atoms with E-state index in [4.69, 9.17) is 4.42 Å². The summed E-state index contributed by atoms with van der Waals surface area (Å²) in [5, 5.41) is 4.19. The summed E-state index contributed by atoms with van der Waals surface area (Å²) in [5.74, 6) is -0.693. The molecule has 0 saturated heterocycles. The van der Waals surface area contributed by atoms with Gasteiger partial charge in [0.2, 0.25) is 5.91 Å². The molecule has 0 aliphatic rings. The Morgan fingerprint density at radius 3 is 2.63 bits per heavy atom. The number of likely N-dealkylation sites (N-methyl/N-ethyl adjacent to an activating group) is 1. The van der Waals surface area contributed by atoms with E-state index >= 15 is 0 Å². The molecule has 0 bridgehead atoms. The highest BCUT2D eigenvalue weighted by atomic mass is 16.4. The Labute approximate surface area is 155 Å². The number of carbonyl (C=O) groups excluding carboxylic acids is 1. The van der Waals surface area contributed by atoms with E-state index in [0.29, 0.717) is 17.6 Å². The van der Waals surface area contributed by atoms with Crippen LogP contribution in [0.5, 0.6) is 0 Å². The molecule has 27 heavy (non-hydrogen) atoms. The zero-order valence-electron chi connectivity index (χ0n) is 14.8. The third-order valence-corrected chi connectivity index (χ3v) is 4.42. The number of rotatable bonds is 5. The van der Waals surface area contributed by atoms with Crippen LogP contribution in [0.1, 0.15) is 5.56 Å². The molecule has 1 amide bonds. The standard InChI is InChI=1S/C20H18N4O3/c1-22(13-15-7-9-16(10-8-15)24-12-4-11-21-24)19(25)14-23-17-5-2-3-6-18(17)27-20(23)26/h2-12H,13-14H2,1H3. The lowest BCUT2D eigenvalue weighted by molar-refractivity contribution is -0.131. The Bertz CT molecular complexity index is 1120. The van der Waals surface area contributed by atoms with Gasteiger partial charge in [-0.3, -0.25) is 9.36 Å². The first-order chi connectivity index (χ1) is 13.1. The molecule has 2 heterocycles. The monoisotopic (exact) mass is 362 g/mol. The number of carbonyl (C=O) groups is 1. The second-order valence-corrected chi connectivity index (χ2v) is 6.29. The predicted molar refractivity (Wildman–Crippen MR) is 101 cm³/mol. The van der Waals surface area contributed by atoms with Crippen LogP contribution in [-0.4, -0.2) is 32.2 Å². The zero-order chi connectivity index (χ0) is 18.8. The van der Waals surface area contributed by atoms with Crippen LogP contribution < -0.4 is 5.76 Å². The van der Waals surface area contributed by atoms with Gasteiger partial charge in [0.05, 0.1) is 11.2 Å². The van der Waals surface area contributed by atoms with E-state index in [1.165, 1.54) is 4.57 Å². The quantitative estimate of drug-likeness (QED) is 0.547. The maximum absolute atomic E-state index is 12.6. The summed E-state index contributed by atoms with van der Waals surface area (Å²) in [4.78, 5) is 26.2. The van der Waals surface area contributed by atoms with Gasteiger partial charge in [0.1, 0.15) is 6.54 Å². The van der Waals surface area contributed by atoms with Crippen LogP contribution in [0.4, 0.5) is 0 Å². The molecule has 4 aromatic rings. The fraction of sp³-hybridized carbons (Fsp3) is 0.150. The van der Waals surface area contributed by atoms with E-state index in [1.54, 1.807) is 41.0 Å². The fourth-order valence-corrected chi connectivity index (χ4v) is 2.96. The van der Waals surface area contributed by atoms with Gasteiger partial charge in [-0.15, -0.1) is 0 Å². The van der Waals surface area contributed by atoms with Crippen molar-refractivity contribution in [2.24, 2.45) is 0 Å². The Hall–Kier alpha value is -3.61. The fourth-order valence-electron chi connectivity index (χ4n) is 2.96. The highest BCUT2D eigenvalue weighted by Gasteiger charge is 2.15. The number of oxazole rings is 1. The highest BCUT2D eigenvalue weighted by molar-refractivity contribution is 5.79. The number of nitrogens with zero attached hydrogens (tertiary/aromatic N) is 4. The minimum Gasteiger partial charge on any atom is -0.408 e. The van der Waals surface area contributed by atoms with Gasteiger partial charge in [-0.05, 0) is 35.9 Å². The third kappa shape index (κ3) is 3.39. The van der Waals surface area contributed by atoms with Gasteiger partial charge in [-0.1, -0.05) is 24.3 Å². The van der Waals surface area contributed by atoms with Crippen molar-refractivity contribution in [3.63, 3.8) is 0 Å². The molecule has 7 heteroatoms. The molecule has 4 rings (SSSR count). The Kier molecular flexibility index (Phi) is 4.33. The second kappa shape index (κ2) is 6.95. The molecule has 2 aromatic heterocycles. The maximum atomic E-state index is 12.6. The van der Waals surface area contributed by atoms with E-state index in [-0.39, 0.29) is 12.5 Å². The topological polar surface area (TPSA) is 73.3 Å². The molecular weight excluding hydrogens is 344 g/mol. The number of fused-ring (bicyclic) bond motifs is 1. The average molecular weight is 362 g/mol. The van der Waals surface area contributed by atoms with Crippen molar-refractivity contribution < 1.29 is 9.21 Å². The van der Waals surface area contributed by atoms with Crippen LogP contribution in [0.3, 0.4) is 0 Å². The van der Waals surface area contributed by atoms with E-state index in [1.807, 2.05) is 42.6 Å². The molecule has 0 N–H and O–H groups in total. The largest absolute Gasteiger partial charge is 0.420 e. The summed E-state index contributed by atoms with van der Waals surface area (Å²) < 4.78 is 8.30. The lowest BCUT2D eigenvalue weighted by Gasteiger charge is -2.17. The molecule has 0 aliphatic carbocycles. The smallest absolute Gasteiger partial charge is 0.408 e. The molecular formula is C20H18N4O3. The maximum Gasteiger partial charge on any atom is 0.420 e. The van der Waals surface area contributed by atoms with E-state index in [9.17, 15) is 9.59 Å². The lowest BCUT2D eigenvalue weighted by Crippen LogP contribution is -2.32. The Morgan fingerprint density at radius 1 is 1.11 bits per heavy atom. The van der Waals surface area contributed by atoms with Crippen molar-refractivity contribution in [2.75, 3.05) is 7.05 Å². The van der Waals surface area contributed by atoms with Crippen molar-refractivity contribution in [1.82, 2.24) is 19.2 Å². The normalized spacial score (nSPS) is 11.0. The molecule has 0 saturated carbocycles. The minimum atomic E-state index is -0.526. The third-order valence-electron chi connectivity index (χ3n) is 4.42. The summed E-state index contributed by atoms with van der Waals surface area (Å²) in [7, 11) is 1.72. The molecule has 0 aliphatic heterocycles. The van der Waals surface area contributed by atoms with Crippen LogP contribution in [0, 0.1) is 0 Å². The van der Waals surface area contributed by atoms with Gasteiger partial charge >= 0.3 is 5.76 Å². The van der Waals surface area contributed by atoms with Gasteiger partial charge in [0.25, 0.3) is 0 Å². The number of aromatic nitrogens is 3. The number of para-hydroxylation sites is 2. The van der Waals surface area contributed by atoms with Crippen molar-refractivity contribution in [3.8, 4) is 5.69 Å². The van der Waals surface area contributed by atoms with Crippen LogP contribution in [0.15, 0.2) is 76.2 Å². The summed E-state index contributed by atoms with van der Waals surface area (Å²) in [6, 6.07) is 16.8. The first-order valence-electron chi connectivity index (χ1n) is 8.53. The van der Waals surface area contributed by atoms with Crippen molar-refractivity contribution in [1.29, 1.82) is 0 Å². The van der Waals surface area contributed by atoms with Crippen LogP contribution in [-0.2, 0) is 17.9 Å². The van der Waals surface area contributed by atoms with Gasteiger partial charge in [0.15, 0.2) is 5.58 Å². The summed E-state index contributed by atoms with van der Waals surface area (Å²) >= 11 is 0. The van der Waals surface area contributed by atoms with Gasteiger partial charge in [-0.25, -0.2) is 9.48 Å². The molecule has 136 valence electrons. The van der Waals surface area contributed by atoms with E-state index < -0.39 is 5.76 Å². The SMILES string of the molecule is CN(Cc1ccc(-n2cccn2)cc1)C(=O)Cn1c(=O)oc2ccccc21. The van der Waals surface area contributed by atoms with E-state index in [2.05, 4.69) is 5.10 Å². The lowest BCUT2D eigenvalue weighted by atomic mass is 10.2.